The van der Waals surface area contributed by atoms with Crippen molar-refractivity contribution in [2.24, 2.45) is 11.7 Å². The van der Waals surface area contributed by atoms with Gasteiger partial charge in [-0.05, 0) is 37.1 Å². The third-order valence-corrected chi connectivity index (χ3v) is 2.90. The number of halogens is 1. The minimum absolute atomic E-state index is 0.0235. The van der Waals surface area contributed by atoms with E-state index in [2.05, 4.69) is 5.32 Å². The number of nitrogens with one attached hydrogen (secondary N) is 1. The molecule has 94 valence electrons. The molecule has 0 aliphatic heterocycles. The summed E-state index contributed by atoms with van der Waals surface area (Å²) in [6, 6.07) is 7.47. The minimum atomic E-state index is -0.0359. The van der Waals surface area contributed by atoms with E-state index in [1.165, 1.54) is 0 Å². The van der Waals surface area contributed by atoms with Crippen LogP contribution >= 0.6 is 11.6 Å². The molecule has 1 unspecified atom stereocenters. The van der Waals surface area contributed by atoms with Crippen molar-refractivity contribution in [3.8, 4) is 0 Å². The van der Waals surface area contributed by atoms with Gasteiger partial charge in [-0.15, -0.1) is 0 Å². The molecule has 3 nitrogen and oxygen atoms in total. The molecule has 2 atom stereocenters. The molecule has 1 amide bonds. The summed E-state index contributed by atoms with van der Waals surface area (Å²) in [6.07, 6.45) is 0.460. The van der Waals surface area contributed by atoms with Crippen molar-refractivity contribution in [2.75, 3.05) is 6.54 Å². The average molecular weight is 255 g/mol. The summed E-state index contributed by atoms with van der Waals surface area (Å²) >= 11 is 5.90. The van der Waals surface area contributed by atoms with E-state index >= 15 is 0 Å². The highest BCUT2D eigenvalue weighted by atomic mass is 35.5. The number of rotatable bonds is 5. The van der Waals surface area contributed by atoms with Crippen LogP contribution in [0, 0.1) is 5.92 Å². The van der Waals surface area contributed by atoms with E-state index in [0.717, 1.165) is 5.56 Å². The van der Waals surface area contributed by atoms with Crippen molar-refractivity contribution in [1.29, 1.82) is 0 Å². The van der Waals surface area contributed by atoms with E-state index in [1.807, 2.05) is 38.1 Å². The van der Waals surface area contributed by atoms with Crippen LogP contribution in [0.25, 0.3) is 0 Å². The first kappa shape index (κ1) is 14.0. The van der Waals surface area contributed by atoms with Crippen LogP contribution in [0.5, 0.6) is 0 Å². The summed E-state index contributed by atoms with van der Waals surface area (Å²) in [4.78, 5) is 11.7. The van der Waals surface area contributed by atoms with E-state index in [9.17, 15) is 4.79 Å². The Labute approximate surface area is 107 Å². The van der Waals surface area contributed by atoms with Crippen LogP contribution in [-0.2, 0) is 4.79 Å². The lowest BCUT2D eigenvalue weighted by atomic mass is 10.1. The summed E-state index contributed by atoms with van der Waals surface area (Å²) in [6.45, 7) is 4.43. The molecule has 1 aromatic rings. The van der Waals surface area contributed by atoms with Gasteiger partial charge in [0.15, 0.2) is 0 Å². The summed E-state index contributed by atoms with van der Waals surface area (Å²) in [5.74, 6) is 0.233. The van der Waals surface area contributed by atoms with Gasteiger partial charge in [-0.1, -0.05) is 30.7 Å². The van der Waals surface area contributed by atoms with Gasteiger partial charge in [0.05, 0.1) is 6.04 Å². The number of carbonyl (C=O) groups is 1. The van der Waals surface area contributed by atoms with Gasteiger partial charge in [0.25, 0.3) is 0 Å². The molecule has 17 heavy (non-hydrogen) atoms. The van der Waals surface area contributed by atoms with Gasteiger partial charge in [0.1, 0.15) is 0 Å². The van der Waals surface area contributed by atoms with Gasteiger partial charge in [0.2, 0.25) is 5.91 Å². The lowest BCUT2D eigenvalue weighted by molar-refractivity contribution is -0.122. The zero-order valence-electron chi connectivity index (χ0n) is 10.2. The molecule has 3 N–H and O–H groups in total. The Morgan fingerprint density at radius 3 is 2.76 bits per heavy atom. The third-order valence-electron chi connectivity index (χ3n) is 2.66. The highest BCUT2D eigenvalue weighted by Crippen LogP contribution is 2.17. The molecule has 0 bridgehead atoms. The van der Waals surface area contributed by atoms with Gasteiger partial charge in [-0.25, -0.2) is 0 Å². The molecule has 0 fully saturated rings. The van der Waals surface area contributed by atoms with Gasteiger partial charge in [0, 0.05) is 11.4 Å². The fourth-order valence-corrected chi connectivity index (χ4v) is 1.76. The Bertz CT molecular complexity index is 381. The van der Waals surface area contributed by atoms with Crippen LogP contribution in [0.15, 0.2) is 24.3 Å². The second kappa shape index (κ2) is 6.62. The number of hydrogen-bond donors (Lipinski definition) is 2. The molecule has 0 spiro atoms. The maximum Gasteiger partial charge on any atom is 0.220 e. The molecule has 1 aromatic carbocycles. The highest BCUT2D eigenvalue weighted by Gasteiger charge is 2.12. The zero-order valence-corrected chi connectivity index (χ0v) is 11.0. The van der Waals surface area contributed by atoms with E-state index in [0.29, 0.717) is 18.0 Å². The summed E-state index contributed by atoms with van der Waals surface area (Å²) in [7, 11) is 0. The number of carbonyl (C=O) groups excluding carboxylic acids is 1. The number of amides is 1. The minimum Gasteiger partial charge on any atom is -0.350 e. The smallest absolute Gasteiger partial charge is 0.220 e. The zero-order chi connectivity index (χ0) is 12.8. The molecule has 0 saturated carbocycles. The number of benzene rings is 1. The predicted octanol–water partition coefficient (Wildman–Crippen LogP) is 2.50. The van der Waals surface area contributed by atoms with Crippen molar-refractivity contribution in [3.05, 3.63) is 34.9 Å². The Hall–Kier alpha value is -1.06. The summed E-state index contributed by atoms with van der Waals surface area (Å²) < 4.78 is 0. The standard InChI is InChI=1S/C13H19ClN2O/c1-9(8-15)6-13(17)16-10(2)11-4-3-5-12(14)7-11/h3-5,7,9-10H,6,8,15H2,1-2H3,(H,16,17)/t9?,10-/m0/s1. The normalized spacial score (nSPS) is 14.1. The molecule has 0 heterocycles. The quantitative estimate of drug-likeness (QED) is 0.848. The second-order valence-corrected chi connectivity index (χ2v) is 4.83. The largest absolute Gasteiger partial charge is 0.350 e. The monoisotopic (exact) mass is 254 g/mol. The first-order valence-electron chi connectivity index (χ1n) is 5.77. The van der Waals surface area contributed by atoms with Crippen LogP contribution in [0.4, 0.5) is 0 Å². The first-order valence-corrected chi connectivity index (χ1v) is 6.15. The van der Waals surface area contributed by atoms with E-state index in [4.69, 9.17) is 17.3 Å². The van der Waals surface area contributed by atoms with E-state index in [-0.39, 0.29) is 17.9 Å². The third kappa shape index (κ3) is 4.75. The number of hydrogen-bond acceptors (Lipinski definition) is 2. The van der Waals surface area contributed by atoms with E-state index in [1.54, 1.807) is 0 Å². The summed E-state index contributed by atoms with van der Waals surface area (Å²) in [5, 5.41) is 3.62. The fourth-order valence-electron chi connectivity index (χ4n) is 1.56. The van der Waals surface area contributed by atoms with E-state index < -0.39 is 0 Å². The fraction of sp³-hybridized carbons (Fsp3) is 0.462. The predicted molar refractivity (Wildman–Crippen MR) is 70.8 cm³/mol. The van der Waals surface area contributed by atoms with Crippen molar-refractivity contribution >= 4 is 17.5 Å². The Morgan fingerprint density at radius 2 is 2.18 bits per heavy atom. The lowest BCUT2D eigenvalue weighted by Crippen LogP contribution is -2.29. The van der Waals surface area contributed by atoms with Gasteiger partial charge < -0.3 is 11.1 Å². The van der Waals surface area contributed by atoms with Crippen LogP contribution in [0.2, 0.25) is 5.02 Å². The molecular formula is C13H19ClN2O. The topological polar surface area (TPSA) is 55.1 Å². The Balaban J connectivity index is 2.54. The van der Waals surface area contributed by atoms with Crippen molar-refractivity contribution < 1.29 is 4.79 Å². The molecule has 0 aliphatic carbocycles. The first-order chi connectivity index (χ1) is 8.02. The molecular weight excluding hydrogens is 236 g/mol. The van der Waals surface area contributed by atoms with Gasteiger partial charge in [-0.2, -0.15) is 0 Å². The Kier molecular flexibility index (Phi) is 5.45. The summed E-state index contributed by atoms with van der Waals surface area (Å²) in [5.41, 5.74) is 6.49. The van der Waals surface area contributed by atoms with Crippen LogP contribution < -0.4 is 11.1 Å². The van der Waals surface area contributed by atoms with Gasteiger partial charge in [-0.3, -0.25) is 4.79 Å². The average Bonchev–Trinajstić information content (AvgIpc) is 2.28. The van der Waals surface area contributed by atoms with Gasteiger partial charge >= 0.3 is 0 Å². The van der Waals surface area contributed by atoms with Crippen LogP contribution in [-0.4, -0.2) is 12.5 Å². The SMILES string of the molecule is CC(CN)CC(=O)N[C@@H](C)c1cccc(Cl)c1. The van der Waals surface area contributed by atoms with Crippen LogP contribution in [0.1, 0.15) is 31.9 Å². The Morgan fingerprint density at radius 1 is 1.47 bits per heavy atom. The number of nitrogens with two attached hydrogens (primary N) is 1. The molecule has 0 aliphatic rings. The molecule has 1 rings (SSSR count). The second-order valence-electron chi connectivity index (χ2n) is 4.39. The molecule has 0 radical (unpaired) electrons. The molecule has 0 aromatic heterocycles. The van der Waals surface area contributed by atoms with Crippen molar-refractivity contribution in [1.82, 2.24) is 5.32 Å². The van der Waals surface area contributed by atoms with Crippen molar-refractivity contribution in [3.63, 3.8) is 0 Å². The highest BCUT2D eigenvalue weighted by molar-refractivity contribution is 6.30. The van der Waals surface area contributed by atoms with Crippen LogP contribution in [0.3, 0.4) is 0 Å². The maximum absolute atomic E-state index is 11.7. The lowest BCUT2D eigenvalue weighted by Gasteiger charge is -2.16. The maximum atomic E-state index is 11.7. The molecule has 4 heteroatoms. The van der Waals surface area contributed by atoms with Crippen molar-refractivity contribution in [2.45, 2.75) is 26.3 Å². The molecule has 0 saturated heterocycles.